The Hall–Kier alpha value is -1.82. The number of benzene rings is 1. The average molecular weight is 289 g/mol. The maximum absolute atomic E-state index is 13.4. The molecule has 0 aliphatic rings. The molecular weight excluding hydrogens is 275 g/mol. The van der Waals surface area contributed by atoms with Crippen LogP contribution in [0.15, 0.2) is 18.2 Å². The van der Waals surface area contributed by atoms with Gasteiger partial charge < -0.3 is 15.7 Å². The number of carbonyl (C=O) groups excluding carboxylic acids is 1. The molecule has 7 heteroatoms. The molecule has 0 aromatic heterocycles. The second-order valence-corrected chi connectivity index (χ2v) is 4.72. The number of amides is 2. The normalized spacial score (nSPS) is 12.1. The van der Waals surface area contributed by atoms with Gasteiger partial charge in [0.05, 0.1) is 5.69 Å². The van der Waals surface area contributed by atoms with Crippen LogP contribution in [-0.4, -0.2) is 23.1 Å². The minimum atomic E-state index is -1.16. The van der Waals surface area contributed by atoms with Gasteiger partial charge in [0.2, 0.25) is 0 Å². The van der Waals surface area contributed by atoms with Gasteiger partial charge in [0.25, 0.3) is 0 Å². The van der Waals surface area contributed by atoms with E-state index in [1.54, 1.807) is 13.8 Å². The molecule has 19 heavy (non-hydrogen) atoms. The van der Waals surface area contributed by atoms with Gasteiger partial charge >= 0.3 is 12.0 Å². The Morgan fingerprint density at radius 2 is 2.00 bits per heavy atom. The van der Waals surface area contributed by atoms with Crippen LogP contribution < -0.4 is 10.6 Å². The molecule has 0 radical (unpaired) electrons. The zero-order valence-electron chi connectivity index (χ0n) is 10.4. The standard InChI is InChI=1S/C12H14ClFN2O3/c1-6(2)10(11(17)18)16-12(19)15-9-5-7(13)3-4-8(9)14/h3-6,10H,1-2H3,(H,17,18)(H2,15,16,19). The summed E-state index contributed by atoms with van der Waals surface area (Å²) in [5, 5.41) is 13.6. The summed E-state index contributed by atoms with van der Waals surface area (Å²) < 4.78 is 13.4. The molecule has 1 aromatic rings. The van der Waals surface area contributed by atoms with Crippen molar-refractivity contribution >= 4 is 29.3 Å². The summed E-state index contributed by atoms with van der Waals surface area (Å²) >= 11 is 5.67. The molecule has 1 atom stereocenters. The van der Waals surface area contributed by atoms with Gasteiger partial charge in [-0.3, -0.25) is 0 Å². The number of hydrogen-bond donors (Lipinski definition) is 3. The van der Waals surface area contributed by atoms with E-state index in [0.29, 0.717) is 0 Å². The lowest BCUT2D eigenvalue weighted by atomic mass is 10.1. The number of carbonyl (C=O) groups is 2. The summed E-state index contributed by atoms with van der Waals surface area (Å²) in [5.41, 5.74) is -0.113. The van der Waals surface area contributed by atoms with Gasteiger partial charge in [0.1, 0.15) is 11.9 Å². The fraction of sp³-hybridized carbons (Fsp3) is 0.333. The van der Waals surface area contributed by atoms with Crippen LogP contribution in [0, 0.1) is 11.7 Å². The van der Waals surface area contributed by atoms with Crippen molar-refractivity contribution in [3.63, 3.8) is 0 Å². The average Bonchev–Trinajstić information content (AvgIpc) is 2.30. The number of nitrogens with one attached hydrogen (secondary N) is 2. The summed E-state index contributed by atoms with van der Waals surface area (Å²) in [6.45, 7) is 3.30. The summed E-state index contributed by atoms with van der Waals surface area (Å²) in [6.07, 6.45) is 0. The van der Waals surface area contributed by atoms with Crippen LogP contribution in [0.2, 0.25) is 5.02 Å². The van der Waals surface area contributed by atoms with Crippen molar-refractivity contribution in [2.45, 2.75) is 19.9 Å². The highest BCUT2D eigenvalue weighted by atomic mass is 35.5. The summed E-state index contributed by atoms with van der Waals surface area (Å²) in [6, 6.07) is 1.83. The molecule has 0 saturated heterocycles. The molecule has 0 saturated carbocycles. The number of anilines is 1. The lowest BCUT2D eigenvalue weighted by Gasteiger charge is -2.18. The first kappa shape index (κ1) is 15.2. The first-order chi connectivity index (χ1) is 8.81. The van der Waals surface area contributed by atoms with Crippen LogP contribution >= 0.6 is 11.6 Å². The van der Waals surface area contributed by atoms with Gasteiger partial charge in [0, 0.05) is 5.02 Å². The molecule has 3 N–H and O–H groups in total. The molecule has 1 unspecified atom stereocenters. The Balaban J connectivity index is 2.74. The summed E-state index contributed by atoms with van der Waals surface area (Å²) in [5.74, 6) is -2.11. The molecular formula is C12H14ClFN2O3. The second-order valence-electron chi connectivity index (χ2n) is 4.28. The first-order valence-electron chi connectivity index (χ1n) is 5.56. The molecule has 0 heterocycles. The van der Waals surface area contributed by atoms with Crippen LogP contribution in [0.4, 0.5) is 14.9 Å². The van der Waals surface area contributed by atoms with E-state index >= 15 is 0 Å². The Bertz CT molecular complexity index is 494. The maximum atomic E-state index is 13.4. The van der Waals surface area contributed by atoms with Gasteiger partial charge in [-0.05, 0) is 24.1 Å². The SMILES string of the molecule is CC(C)C(NC(=O)Nc1cc(Cl)ccc1F)C(=O)O. The largest absolute Gasteiger partial charge is 0.480 e. The highest BCUT2D eigenvalue weighted by molar-refractivity contribution is 6.30. The van der Waals surface area contributed by atoms with Crippen LogP contribution in [0.3, 0.4) is 0 Å². The van der Waals surface area contributed by atoms with Gasteiger partial charge in [-0.2, -0.15) is 0 Å². The molecule has 1 rings (SSSR count). The van der Waals surface area contributed by atoms with Crippen molar-refractivity contribution < 1.29 is 19.1 Å². The molecule has 0 bridgehead atoms. The second kappa shape index (κ2) is 6.38. The van der Waals surface area contributed by atoms with Crippen molar-refractivity contribution in [1.82, 2.24) is 5.32 Å². The van der Waals surface area contributed by atoms with Crippen LogP contribution in [0.25, 0.3) is 0 Å². The quantitative estimate of drug-likeness (QED) is 0.797. The molecule has 104 valence electrons. The molecule has 5 nitrogen and oxygen atoms in total. The number of halogens is 2. The topological polar surface area (TPSA) is 78.4 Å². The molecule has 0 fully saturated rings. The number of carboxylic acids is 1. The van der Waals surface area contributed by atoms with Crippen molar-refractivity contribution in [2.75, 3.05) is 5.32 Å². The fourth-order valence-corrected chi connectivity index (χ4v) is 1.58. The number of hydrogen-bond acceptors (Lipinski definition) is 2. The minimum Gasteiger partial charge on any atom is -0.480 e. The van der Waals surface area contributed by atoms with Crippen molar-refractivity contribution in [2.24, 2.45) is 5.92 Å². The number of rotatable bonds is 4. The highest BCUT2D eigenvalue weighted by Gasteiger charge is 2.23. The van der Waals surface area contributed by atoms with Crippen molar-refractivity contribution in [1.29, 1.82) is 0 Å². The maximum Gasteiger partial charge on any atom is 0.326 e. The van der Waals surface area contributed by atoms with E-state index in [1.165, 1.54) is 12.1 Å². The monoisotopic (exact) mass is 288 g/mol. The predicted octanol–water partition coefficient (Wildman–Crippen LogP) is 2.71. The molecule has 0 aliphatic heterocycles. The third-order valence-electron chi connectivity index (χ3n) is 2.40. The van der Waals surface area contributed by atoms with Gasteiger partial charge in [0.15, 0.2) is 0 Å². The van der Waals surface area contributed by atoms with Gasteiger partial charge in [-0.25, -0.2) is 14.0 Å². The van der Waals surface area contributed by atoms with E-state index in [0.717, 1.165) is 6.07 Å². The Labute approximate surface area is 114 Å². The van der Waals surface area contributed by atoms with Gasteiger partial charge in [-0.15, -0.1) is 0 Å². The first-order valence-corrected chi connectivity index (χ1v) is 5.94. The number of aliphatic carboxylic acids is 1. The van der Waals surface area contributed by atoms with Crippen LogP contribution in [-0.2, 0) is 4.79 Å². The molecule has 1 aromatic carbocycles. The highest BCUT2D eigenvalue weighted by Crippen LogP contribution is 2.19. The van der Waals surface area contributed by atoms with E-state index in [-0.39, 0.29) is 16.6 Å². The smallest absolute Gasteiger partial charge is 0.326 e. The lowest BCUT2D eigenvalue weighted by molar-refractivity contribution is -0.140. The Morgan fingerprint density at radius 1 is 1.37 bits per heavy atom. The molecule has 0 aliphatic carbocycles. The van der Waals surface area contributed by atoms with Crippen molar-refractivity contribution in [3.05, 3.63) is 29.0 Å². The van der Waals surface area contributed by atoms with E-state index in [9.17, 15) is 14.0 Å². The Morgan fingerprint density at radius 3 is 2.53 bits per heavy atom. The van der Waals surface area contributed by atoms with Crippen LogP contribution in [0.1, 0.15) is 13.8 Å². The number of urea groups is 1. The molecule has 0 spiro atoms. The zero-order valence-corrected chi connectivity index (χ0v) is 11.2. The van der Waals surface area contributed by atoms with E-state index in [1.807, 2.05) is 0 Å². The van der Waals surface area contributed by atoms with E-state index in [2.05, 4.69) is 10.6 Å². The zero-order chi connectivity index (χ0) is 14.6. The summed E-state index contributed by atoms with van der Waals surface area (Å²) in [7, 11) is 0. The molecule has 2 amide bonds. The van der Waals surface area contributed by atoms with E-state index < -0.39 is 23.9 Å². The van der Waals surface area contributed by atoms with Gasteiger partial charge in [-0.1, -0.05) is 25.4 Å². The Kier molecular flexibility index (Phi) is 5.11. The van der Waals surface area contributed by atoms with Crippen molar-refractivity contribution in [3.8, 4) is 0 Å². The fourth-order valence-electron chi connectivity index (χ4n) is 1.41. The van der Waals surface area contributed by atoms with Crippen LogP contribution in [0.5, 0.6) is 0 Å². The summed E-state index contributed by atoms with van der Waals surface area (Å²) in [4.78, 5) is 22.5. The lowest BCUT2D eigenvalue weighted by Crippen LogP contribution is -2.46. The number of carboxylic acid groups (broad SMARTS) is 1. The third-order valence-corrected chi connectivity index (χ3v) is 2.63. The minimum absolute atomic E-state index is 0.113. The predicted molar refractivity (Wildman–Crippen MR) is 69.8 cm³/mol. The van der Waals surface area contributed by atoms with E-state index in [4.69, 9.17) is 16.7 Å². The third kappa shape index (κ3) is 4.40.